The summed E-state index contributed by atoms with van der Waals surface area (Å²) < 4.78 is 7.62. The van der Waals surface area contributed by atoms with E-state index < -0.39 is 0 Å². The fraction of sp³-hybridized carbons (Fsp3) is 0.778. The Labute approximate surface area is 144 Å². The summed E-state index contributed by atoms with van der Waals surface area (Å²) in [5.74, 6) is 0.279. The number of morpholine rings is 1. The minimum absolute atomic E-state index is 0.279. The number of ether oxygens (including phenoxy) is 1. The van der Waals surface area contributed by atoms with Gasteiger partial charge in [-0.1, -0.05) is 0 Å². The van der Waals surface area contributed by atoms with Crippen molar-refractivity contribution in [3.8, 4) is 0 Å². The molecule has 0 unspecified atom stereocenters. The Kier molecular flexibility index (Phi) is 5.56. The number of rotatable bonds is 4. The zero-order valence-electron chi connectivity index (χ0n) is 15.1. The van der Waals surface area contributed by atoms with Crippen LogP contribution in [0.3, 0.4) is 0 Å². The molecule has 6 heteroatoms. The van der Waals surface area contributed by atoms with E-state index in [-0.39, 0.29) is 5.91 Å². The van der Waals surface area contributed by atoms with Gasteiger partial charge in [-0.25, -0.2) is 0 Å². The highest BCUT2D eigenvalue weighted by Gasteiger charge is 2.31. The molecular weight excluding hydrogens is 304 g/mol. The van der Waals surface area contributed by atoms with Crippen molar-refractivity contribution in [3.63, 3.8) is 0 Å². The van der Waals surface area contributed by atoms with Crippen molar-refractivity contribution in [3.05, 3.63) is 18.0 Å². The van der Waals surface area contributed by atoms with Crippen LogP contribution in [0.2, 0.25) is 0 Å². The van der Waals surface area contributed by atoms with E-state index >= 15 is 0 Å². The third-order valence-electron chi connectivity index (χ3n) is 5.17. The number of carbonyl (C=O) groups excluding carboxylic acids is 1. The summed E-state index contributed by atoms with van der Waals surface area (Å²) in [5.41, 5.74) is 1.14. The fourth-order valence-electron chi connectivity index (χ4n) is 4.01. The zero-order valence-corrected chi connectivity index (χ0v) is 15.1. The maximum atomic E-state index is 12.4. The Morgan fingerprint density at radius 2 is 1.92 bits per heavy atom. The van der Waals surface area contributed by atoms with Crippen molar-refractivity contribution >= 4 is 5.91 Å². The molecule has 1 aromatic heterocycles. The highest BCUT2D eigenvalue weighted by molar-refractivity contribution is 5.76. The van der Waals surface area contributed by atoms with Gasteiger partial charge in [0.25, 0.3) is 0 Å². The molecule has 2 fully saturated rings. The molecule has 1 amide bonds. The largest absolute Gasteiger partial charge is 0.373 e. The van der Waals surface area contributed by atoms with Gasteiger partial charge >= 0.3 is 0 Å². The Morgan fingerprint density at radius 3 is 2.50 bits per heavy atom. The molecule has 3 rings (SSSR count). The highest BCUT2D eigenvalue weighted by Crippen LogP contribution is 2.22. The molecule has 0 aromatic carbocycles. The molecule has 1 aromatic rings. The Morgan fingerprint density at radius 1 is 1.25 bits per heavy atom. The summed E-state index contributed by atoms with van der Waals surface area (Å²) in [7, 11) is 1.91. The lowest BCUT2D eigenvalue weighted by atomic mass is 10.0. The number of amides is 1. The smallest absolute Gasteiger partial charge is 0.222 e. The first-order valence-corrected chi connectivity index (χ1v) is 9.16. The second-order valence-electron chi connectivity index (χ2n) is 7.35. The van der Waals surface area contributed by atoms with Crippen molar-refractivity contribution < 1.29 is 9.53 Å². The SMILES string of the molecule is C[C@@H]1CN(C2CCN(C(=O)CCc3cnn(C)c3)CC2)C[C@H](C)O1. The quantitative estimate of drug-likeness (QED) is 0.836. The molecule has 0 spiro atoms. The lowest BCUT2D eigenvalue weighted by molar-refractivity contribution is -0.134. The minimum atomic E-state index is 0.279. The van der Waals surface area contributed by atoms with Gasteiger partial charge in [-0.15, -0.1) is 0 Å². The predicted octanol–water partition coefficient (Wildman–Crippen LogP) is 1.45. The third-order valence-corrected chi connectivity index (χ3v) is 5.17. The minimum Gasteiger partial charge on any atom is -0.373 e. The number of hydrogen-bond donors (Lipinski definition) is 0. The summed E-state index contributed by atoms with van der Waals surface area (Å²) in [6, 6.07) is 0.598. The lowest BCUT2D eigenvalue weighted by Gasteiger charge is -2.43. The second kappa shape index (κ2) is 7.66. The van der Waals surface area contributed by atoms with Gasteiger partial charge in [-0.2, -0.15) is 5.10 Å². The van der Waals surface area contributed by atoms with Gasteiger partial charge in [0, 0.05) is 51.9 Å². The van der Waals surface area contributed by atoms with Crippen LogP contribution in [-0.4, -0.2) is 69.9 Å². The molecule has 6 nitrogen and oxygen atoms in total. The molecule has 0 radical (unpaired) electrons. The summed E-state index contributed by atoms with van der Waals surface area (Å²) in [6.07, 6.45) is 7.99. The monoisotopic (exact) mass is 334 g/mol. The fourth-order valence-corrected chi connectivity index (χ4v) is 4.01. The van der Waals surface area contributed by atoms with E-state index in [4.69, 9.17) is 4.74 Å². The zero-order chi connectivity index (χ0) is 17.1. The molecule has 134 valence electrons. The van der Waals surface area contributed by atoms with E-state index in [2.05, 4.69) is 23.8 Å². The summed E-state index contributed by atoms with van der Waals surface area (Å²) >= 11 is 0. The molecule has 0 N–H and O–H groups in total. The topological polar surface area (TPSA) is 50.6 Å². The van der Waals surface area contributed by atoms with Crippen LogP contribution in [0.25, 0.3) is 0 Å². The molecular formula is C18H30N4O2. The maximum absolute atomic E-state index is 12.4. The summed E-state index contributed by atoms with van der Waals surface area (Å²) in [5, 5.41) is 4.16. The first kappa shape index (κ1) is 17.4. The van der Waals surface area contributed by atoms with Crippen LogP contribution >= 0.6 is 0 Å². The standard InChI is InChI=1S/C18H30N4O2/c1-14-11-22(12-15(2)24-14)17-6-8-21(9-7-17)18(23)5-4-16-10-19-20(3)13-16/h10,13-15,17H,4-9,11-12H2,1-3H3/t14-,15+. The van der Waals surface area contributed by atoms with Crippen LogP contribution in [0.15, 0.2) is 12.4 Å². The van der Waals surface area contributed by atoms with E-state index in [0.29, 0.717) is 24.7 Å². The first-order chi connectivity index (χ1) is 11.5. The van der Waals surface area contributed by atoms with Crippen LogP contribution in [0, 0.1) is 0 Å². The summed E-state index contributed by atoms with van der Waals surface area (Å²) in [4.78, 5) is 17.0. The van der Waals surface area contributed by atoms with E-state index in [9.17, 15) is 4.79 Å². The molecule has 2 atom stereocenters. The van der Waals surface area contributed by atoms with Crippen LogP contribution in [-0.2, 0) is 23.0 Å². The Balaban J connectivity index is 1.43. The molecule has 2 aliphatic rings. The van der Waals surface area contributed by atoms with E-state index in [1.54, 1.807) is 4.68 Å². The molecule has 0 saturated carbocycles. The number of likely N-dealkylation sites (tertiary alicyclic amines) is 1. The van der Waals surface area contributed by atoms with Crippen LogP contribution in [0.1, 0.15) is 38.7 Å². The lowest BCUT2D eigenvalue weighted by Crippen LogP contribution is -2.53. The van der Waals surface area contributed by atoms with Gasteiger partial charge in [0.2, 0.25) is 5.91 Å². The van der Waals surface area contributed by atoms with Crippen molar-refractivity contribution in [2.75, 3.05) is 26.2 Å². The molecule has 0 bridgehead atoms. The predicted molar refractivity (Wildman–Crippen MR) is 92.7 cm³/mol. The molecule has 0 aliphatic carbocycles. The number of aryl methyl sites for hydroxylation is 2. The van der Waals surface area contributed by atoms with E-state index in [0.717, 1.165) is 51.0 Å². The average molecular weight is 334 g/mol. The number of aromatic nitrogens is 2. The number of hydrogen-bond acceptors (Lipinski definition) is 4. The van der Waals surface area contributed by atoms with Gasteiger partial charge in [0.05, 0.1) is 18.4 Å². The van der Waals surface area contributed by atoms with Crippen molar-refractivity contribution in [1.82, 2.24) is 19.6 Å². The van der Waals surface area contributed by atoms with Gasteiger partial charge < -0.3 is 9.64 Å². The van der Waals surface area contributed by atoms with Gasteiger partial charge in [0.15, 0.2) is 0 Å². The number of carbonyl (C=O) groups is 1. The molecule has 2 aliphatic heterocycles. The van der Waals surface area contributed by atoms with Crippen LogP contribution in [0.4, 0.5) is 0 Å². The Hall–Kier alpha value is -1.40. The summed E-state index contributed by atoms with van der Waals surface area (Å²) in [6.45, 7) is 8.11. The molecule has 2 saturated heterocycles. The van der Waals surface area contributed by atoms with Crippen molar-refractivity contribution in [1.29, 1.82) is 0 Å². The van der Waals surface area contributed by atoms with Gasteiger partial charge in [-0.3, -0.25) is 14.4 Å². The second-order valence-corrected chi connectivity index (χ2v) is 7.35. The van der Waals surface area contributed by atoms with E-state index in [1.165, 1.54) is 0 Å². The third kappa shape index (κ3) is 4.36. The Bertz CT molecular complexity index is 541. The average Bonchev–Trinajstić information content (AvgIpc) is 2.97. The first-order valence-electron chi connectivity index (χ1n) is 9.16. The van der Waals surface area contributed by atoms with Gasteiger partial charge in [0.1, 0.15) is 0 Å². The van der Waals surface area contributed by atoms with Crippen LogP contribution < -0.4 is 0 Å². The number of piperidine rings is 1. The molecule has 24 heavy (non-hydrogen) atoms. The van der Waals surface area contributed by atoms with Crippen molar-refractivity contribution in [2.24, 2.45) is 7.05 Å². The maximum Gasteiger partial charge on any atom is 0.222 e. The highest BCUT2D eigenvalue weighted by atomic mass is 16.5. The number of nitrogens with zero attached hydrogens (tertiary/aromatic N) is 4. The van der Waals surface area contributed by atoms with E-state index in [1.807, 2.05) is 24.3 Å². The van der Waals surface area contributed by atoms with Crippen molar-refractivity contribution in [2.45, 2.75) is 57.8 Å². The van der Waals surface area contributed by atoms with Crippen LogP contribution in [0.5, 0.6) is 0 Å². The molecule has 3 heterocycles. The van der Waals surface area contributed by atoms with Gasteiger partial charge in [-0.05, 0) is 38.7 Å². The normalized spacial score (nSPS) is 26.7.